The smallest absolute Gasteiger partial charge is 0.417 e. The summed E-state index contributed by atoms with van der Waals surface area (Å²) in [5.74, 6) is 2.74. The second-order valence-corrected chi connectivity index (χ2v) is 14.8. The zero-order chi connectivity index (χ0) is 32.6. The summed E-state index contributed by atoms with van der Waals surface area (Å²) in [5.41, 5.74) is 9.81. The summed E-state index contributed by atoms with van der Waals surface area (Å²) in [6, 6.07) is 10.9. The third-order valence-electron chi connectivity index (χ3n) is 11.2. The lowest BCUT2D eigenvalue weighted by atomic mass is 9.47. The van der Waals surface area contributed by atoms with Crippen molar-refractivity contribution in [3.63, 3.8) is 0 Å². The minimum absolute atomic E-state index is 0.137. The first-order valence-electron chi connectivity index (χ1n) is 17.2. The summed E-state index contributed by atoms with van der Waals surface area (Å²) in [5, 5.41) is 5.86. The van der Waals surface area contributed by atoms with Crippen LogP contribution in [0.2, 0.25) is 0 Å². The van der Waals surface area contributed by atoms with Crippen molar-refractivity contribution in [2.75, 3.05) is 24.2 Å². The lowest BCUT2D eigenvalue weighted by molar-refractivity contribution is -0.102. The van der Waals surface area contributed by atoms with Crippen molar-refractivity contribution in [3.05, 3.63) is 58.0 Å². The number of carbonyl (C=O) groups is 2. The van der Waals surface area contributed by atoms with E-state index in [9.17, 15) is 14.5 Å². The fraction of sp³-hybridized carbons (Fsp3) is 0.611. The van der Waals surface area contributed by atoms with Crippen molar-refractivity contribution in [1.29, 1.82) is 0 Å². The van der Waals surface area contributed by atoms with Gasteiger partial charge in [-0.1, -0.05) is 45.4 Å². The third-order valence-corrected chi connectivity index (χ3v) is 12.5. The maximum absolute atomic E-state index is 13.1. The van der Waals surface area contributed by atoms with Gasteiger partial charge >= 0.3 is 6.09 Å². The standard InChI is InChI=1S/C34H42N4O5S.C2H6/c1-3-4-15-44-31(37-41)34(35)17-25-26-16-23-9-12-27(42-32(40)36-24-10-7-22(19-39)8-11-24)29-28(23)33(25,30(43-29)20(34)2)13-14-38(26)18-21-5-6-21;1-2/h7-12,19-21,25-26,30-31H,3-6,13-18,35H2,1-2H3,(H,36,40);1-2H3/t20?,25?,26-,30+,31+,33+,34-;/m0./s1. The molecule has 5 aliphatic rings. The number of anilines is 1. The number of nitrogens with zero attached hydrogens (tertiary/aromatic N) is 2. The third kappa shape index (κ3) is 5.54. The maximum Gasteiger partial charge on any atom is 0.417 e. The first kappa shape index (κ1) is 33.0. The largest absolute Gasteiger partial charge is 0.485 e. The number of unbranched alkanes of at least 4 members (excludes halogenated alkanes) is 1. The number of likely N-dealkylation sites (tertiary alicyclic amines) is 1. The van der Waals surface area contributed by atoms with Gasteiger partial charge in [-0.3, -0.25) is 15.0 Å². The Morgan fingerprint density at radius 3 is 2.67 bits per heavy atom. The molecule has 2 aromatic rings. The van der Waals surface area contributed by atoms with Crippen molar-refractivity contribution in [2.45, 2.75) is 101 Å². The summed E-state index contributed by atoms with van der Waals surface area (Å²) in [7, 11) is 0. The van der Waals surface area contributed by atoms with Crippen LogP contribution in [0.15, 0.2) is 41.6 Å². The molecule has 3 N–H and O–H groups in total. The number of amides is 1. The lowest BCUT2D eigenvalue weighted by Gasteiger charge is -2.63. The molecule has 2 saturated carbocycles. The van der Waals surface area contributed by atoms with Gasteiger partial charge in [0.15, 0.2) is 16.9 Å². The van der Waals surface area contributed by atoms with Crippen molar-refractivity contribution >= 4 is 29.8 Å². The lowest BCUT2D eigenvalue weighted by Crippen LogP contribution is -2.74. The molecule has 3 aliphatic carbocycles. The highest BCUT2D eigenvalue weighted by Crippen LogP contribution is 2.67. The van der Waals surface area contributed by atoms with Crippen molar-refractivity contribution in [3.8, 4) is 11.5 Å². The van der Waals surface area contributed by atoms with Crippen LogP contribution in [0.3, 0.4) is 0 Å². The van der Waals surface area contributed by atoms with Gasteiger partial charge in [0.05, 0.1) is 5.54 Å². The van der Waals surface area contributed by atoms with Gasteiger partial charge in [-0.15, -0.1) is 16.7 Å². The summed E-state index contributed by atoms with van der Waals surface area (Å²) >= 11 is 1.59. The summed E-state index contributed by atoms with van der Waals surface area (Å²) in [6.07, 6.45) is 7.13. The molecule has 1 amide bonds. The SMILES string of the molecule is CC.CCCCS[C@@H](N=O)[C@]1(N)CC2[C@@H]3Cc4ccc(OC(=O)Nc5ccc(C=O)cc5)c5c4[C@]2(CCN3CC2CC2)[C@H](O5)C1C. The van der Waals surface area contributed by atoms with E-state index in [2.05, 4.69) is 35.3 Å². The van der Waals surface area contributed by atoms with Gasteiger partial charge in [0.2, 0.25) is 0 Å². The summed E-state index contributed by atoms with van der Waals surface area (Å²) in [4.78, 5) is 39.2. The predicted octanol–water partition coefficient (Wildman–Crippen LogP) is 7.15. The fourth-order valence-corrected chi connectivity index (χ4v) is 10.1. The molecular formula is C36H48N4O5S. The Morgan fingerprint density at radius 2 is 2.00 bits per heavy atom. The van der Waals surface area contributed by atoms with E-state index in [1.165, 1.54) is 24.0 Å². The number of ether oxygens (including phenoxy) is 2. The fourth-order valence-electron chi connectivity index (χ4n) is 8.71. The maximum atomic E-state index is 13.1. The van der Waals surface area contributed by atoms with E-state index in [0.29, 0.717) is 28.8 Å². The van der Waals surface area contributed by atoms with Crippen LogP contribution >= 0.6 is 11.8 Å². The monoisotopic (exact) mass is 648 g/mol. The molecule has 2 heterocycles. The van der Waals surface area contributed by atoms with Gasteiger partial charge < -0.3 is 15.2 Å². The van der Waals surface area contributed by atoms with Crippen LogP contribution in [0.1, 0.15) is 87.7 Å². The normalized spacial score (nSPS) is 31.0. The van der Waals surface area contributed by atoms with E-state index >= 15 is 0 Å². The second-order valence-electron chi connectivity index (χ2n) is 13.6. The molecule has 2 unspecified atom stereocenters. The van der Waals surface area contributed by atoms with Crippen LogP contribution in [-0.2, 0) is 11.8 Å². The van der Waals surface area contributed by atoms with Gasteiger partial charge in [-0.25, -0.2) is 4.79 Å². The van der Waals surface area contributed by atoms with Crippen LogP contribution in [-0.4, -0.2) is 59.2 Å². The molecule has 0 aromatic heterocycles. The quantitative estimate of drug-likeness (QED) is 0.150. The minimum atomic E-state index is -0.814. The molecule has 9 nitrogen and oxygen atoms in total. The Kier molecular flexibility index (Phi) is 9.52. The van der Waals surface area contributed by atoms with Crippen LogP contribution < -0.4 is 20.5 Å². The Morgan fingerprint density at radius 1 is 1.24 bits per heavy atom. The molecule has 2 aliphatic heterocycles. The molecule has 46 heavy (non-hydrogen) atoms. The van der Waals surface area contributed by atoms with E-state index in [1.807, 2.05) is 19.9 Å². The van der Waals surface area contributed by atoms with E-state index in [1.54, 1.807) is 36.0 Å². The zero-order valence-corrected chi connectivity index (χ0v) is 28.3. The number of rotatable bonds is 11. The number of nitrogens with one attached hydrogen (secondary N) is 1. The van der Waals surface area contributed by atoms with Gasteiger partial charge in [0, 0.05) is 40.7 Å². The topological polar surface area (TPSA) is 123 Å². The predicted molar refractivity (Wildman–Crippen MR) is 183 cm³/mol. The van der Waals surface area contributed by atoms with Gasteiger partial charge in [-0.05, 0) is 98.6 Å². The average Bonchev–Trinajstić information content (AvgIpc) is 3.82. The van der Waals surface area contributed by atoms with Gasteiger partial charge in [-0.2, -0.15) is 0 Å². The van der Waals surface area contributed by atoms with Crippen LogP contribution in [0, 0.1) is 22.7 Å². The molecule has 1 spiro atoms. The molecule has 10 heteroatoms. The first-order valence-corrected chi connectivity index (χ1v) is 18.2. The van der Waals surface area contributed by atoms with Crippen LogP contribution in [0.25, 0.3) is 0 Å². The number of piperidine rings is 1. The Labute approximate surface area is 276 Å². The van der Waals surface area contributed by atoms with E-state index < -0.39 is 17.0 Å². The molecule has 7 rings (SSSR count). The number of carbonyl (C=O) groups excluding carboxylic acids is 2. The second kappa shape index (κ2) is 13.3. The number of nitrogens with two attached hydrogens (primary N) is 1. The first-order chi connectivity index (χ1) is 22.3. The summed E-state index contributed by atoms with van der Waals surface area (Å²) < 4.78 is 12.9. The average molecular weight is 649 g/mol. The van der Waals surface area contributed by atoms with Crippen LogP contribution in [0.5, 0.6) is 11.5 Å². The molecule has 3 fully saturated rings. The molecule has 1 saturated heterocycles. The highest BCUT2D eigenvalue weighted by atomic mass is 32.2. The molecular weight excluding hydrogens is 600 g/mol. The van der Waals surface area contributed by atoms with Crippen molar-refractivity contribution < 1.29 is 19.1 Å². The number of hydrogen-bond acceptors (Lipinski definition) is 9. The van der Waals surface area contributed by atoms with E-state index in [4.69, 9.17) is 15.2 Å². The zero-order valence-electron chi connectivity index (χ0n) is 27.5. The highest BCUT2D eigenvalue weighted by Gasteiger charge is 2.70. The Balaban J connectivity index is 0.00000182. The number of benzene rings is 2. The van der Waals surface area contributed by atoms with Crippen molar-refractivity contribution in [1.82, 2.24) is 4.90 Å². The Hall–Kier alpha value is -2.95. The molecule has 7 atom stereocenters. The molecule has 248 valence electrons. The Bertz CT molecular complexity index is 1450. The molecule has 0 radical (unpaired) electrons. The molecule has 2 aromatic carbocycles. The van der Waals surface area contributed by atoms with E-state index in [-0.39, 0.29) is 23.4 Å². The summed E-state index contributed by atoms with van der Waals surface area (Å²) in [6.45, 7) is 10.4. The number of nitroso groups, excluding NO2 is 1. The van der Waals surface area contributed by atoms with E-state index in [0.717, 1.165) is 63.2 Å². The number of aldehydes is 1. The number of thioether (sulfide) groups is 1. The van der Waals surface area contributed by atoms with Crippen molar-refractivity contribution in [2.24, 2.45) is 28.7 Å². The molecule has 2 bridgehead atoms. The van der Waals surface area contributed by atoms with Crippen LogP contribution in [0.4, 0.5) is 10.5 Å². The van der Waals surface area contributed by atoms with Gasteiger partial charge in [0.25, 0.3) is 0 Å². The number of hydrogen-bond donors (Lipinski definition) is 2. The highest BCUT2D eigenvalue weighted by molar-refractivity contribution is 7.99. The van der Waals surface area contributed by atoms with Gasteiger partial charge in [0.1, 0.15) is 12.4 Å². The minimum Gasteiger partial charge on any atom is -0.485 e.